The molecule has 0 saturated carbocycles. The lowest BCUT2D eigenvalue weighted by atomic mass is 10.1. The maximum Gasteiger partial charge on any atom is 0.165 e. The van der Waals surface area contributed by atoms with Gasteiger partial charge in [0.1, 0.15) is 0 Å². The number of halogens is 1. The highest BCUT2D eigenvalue weighted by atomic mass is 19.1. The fraction of sp³-hybridized carbons (Fsp3) is 0.333. The third-order valence-corrected chi connectivity index (χ3v) is 1.66. The van der Waals surface area contributed by atoms with Crippen molar-refractivity contribution >= 4 is 0 Å². The molecule has 1 aromatic carbocycles. The Hall–Kier alpha value is -1.09. The third kappa shape index (κ3) is 1.74. The smallest absolute Gasteiger partial charge is 0.165 e. The Morgan fingerprint density at radius 1 is 1.50 bits per heavy atom. The summed E-state index contributed by atoms with van der Waals surface area (Å²) in [5, 5.41) is 9.10. The fourth-order valence-corrected chi connectivity index (χ4v) is 0.942. The van der Waals surface area contributed by atoms with Crippen molar-refractivity contribution in [3.8, 4) is 5.75 Å². The molecule has 0 saturated heterocycles. The van der Waals surface area contributed by atoms with Crippen molar-refractivity contribution in [2.75, 3.05) is 7.11 Å². The second kappa shape index (κ2) is 3.54. The van der Waals surface area contributed by atoms with Gasteiger partial charge in [0.2, 0.25) is 0 Å². The van der Waals surface area contributed by atoms with E-state index in [0.29, 0.717) is 5.56 Å². The highest BCUT2D eigenvalue weighted by Crippen LogP contribution is 2.21. The van der Waals surface area contributed by atoms with Gasteiger partial charge < -0.3 is 9.84 Å². The molecule has 1 aromatic rings. The average Bonchev–Trinajstić information content (AvgIpc) is 2.04. The van der Waals surface area contributed by atoms with Crippen LogP contribution in [0.15, 0.2) is 18.2 Å². The topological polar surface area (TPSA) is 29.5 Å². The van der Waals surface area contributed by atoms with E-state index in [1.165, 1.54) is 19.2 Å². The van der Waals surface area contributed by atoms with Gasteiger partial charge in [-0.3, -0.25) is 0 Å². The monoisotopic (exact) mass is 170 g/mol. The van der Waals surface area contributed by atoms with E-state index >= 15 is 0 Å². The summed E-state index contributed by atoms with van der Waals surface area (Å²) in [5.74, 6) is -0.254. The number of hydrogen-bond acceptors (Lipinski definition) is 2. The molecule has 0 amide bonds. The molecule has 0 heterocycles. The Kier molecular flexibility index (Phi) is 2.65. The van der Waals surface area contributed by atoms with Crippen molar-refractivity contribution in [1.82, 2.24) is 0 Å². The van der Waals surface area contributed by atoms with E-state index in [2.05, 4.69) is 0 Å². The summed E-state index contributed by atoms with van der Waals surface area (Å²) >= 11 is 0. The standard InChI is InChI=1S/C9H11FO2/c1-6(11)7-3-4-9(12-2)8(10)5-7/h3-6,11H,1-2H3. The summed E-state index contributed by atoms with van der Waals surface area (Å²) in [6.45, 7) is 1.58. The van der Waals surface area contributed by atoms with E-state index in [0.717, 1.165) is 0 Å². The Bertz CT molecular complexity index is 271. The van der Waals surface area contributed by atoms with Crippen molar-refractivity contribution < 1.29 is 14.2 Å². The molecule has 2 nitrogen and oxygen atoms in total. The first-order chi connectivity index (χ1) is 5.65. The summed E-state index contributed by atoms with van der Waals surface area (Å²) in [5.41, 5.74) is 0.549. The summed E-state index contributed by atoms with van der Waals surface area (Å²) in [7, 11) is 1.40. The van der Waals surface area contributed by atoms with Crippen molar-refractivity contribution in [3.05, 3.63) is 29.6 Å². The quantitative estimate of drug-likeness (QED) is 0.734. The van der Waals surface area contributed by atoms with Crippen molar-refractivity contribution in [2.24, 2.45) is 0 Å². The number of benzene rings is 1. The zero-order valence-corrected chi connectivity index (χ0v) is 7.04. The number of methoxy groups -OCH3 is 1. The maximum atomic E-state index is 13.0. The van der Waals surface area contributed by atoms with E-state index < -0.39 is 11.9 Å². The van der Waals surface area contributed by atoms with E-state index in [1.807, 2.05) is 0 Å². The Balaban J connectivity index is 3.02. The molecule has 0 aliphatic carbocycles. The summed E-state index contributed by atoms with van der Waals surface area (Å²) < 4.78 is 17.7. The summed E-state index contributed by atoms with van der Waals surface area (Å²) in [6, 6.07) is 4.40. The van der Waals surface area contributed by atoms with Crippen molar-refractivity contribution in [3.63, 3.8) is 0 Å². The lowest BCUT2D eigenvalue weighted by molar-refractivity contribution is 0.198. The highest BCUT2D eigenvalue weighted by molar-refractivity contribution is 5.30. The van der Waals surface area contributed by atoms with E-state index in [4.69, 9.17) is 9.84 Å². The molecule has 0 spiro atoms. The van der Waals surface area contributed by atoms with Crippen LogP contribution in [0.4, 0.5) is 4.39 Å². The van der Waals surface area contributed by atoms with Gasteiger partial charge in [-0.1, -0.05) is 6.07 Å². The van der Waals surface area contributed by atoms with Crippen LogP contribution < -0.4 is 4.74 Å². The minimum absolute atomic E-state index is 0.194. The molecule has 0 aliphatic rings. The SMILES string of the molecule is COc1ccc(C(C)O)cc1F. The fourth-order valence-electron chi connectivity index (χ4n) is 0.942. The van der Waals surface area contributed by atoms with E-state index in [-0.39, 0.29) is 5.75 Å². The first-order valence-corrected chi connectivity index (χ1v) is 3.66. The van der Waals surface area contributed by atoms with Crippen LogP contribution in [-0.4, -0.2) is 12.2 Å². The molecule has 1 unspecified atom stereocenters. The zero-order valence-electron chi connectivity index (χ0n) is 7.04. The van der Waals surface area contributed by atoms with Gasteiger partial charge in [0.25, 0.3) is 0 Å². The van der Waals surface area contributed by atoms with Gasteiger partial charge in [0.15, 0.2) is 11.6 Å². The van der Waals surface area contributed by atoms with Crippen LogP contribution in [0, 0.1) is 5.82 Å². The first kappa shape index (κ1) is 9.00. The molecule has 0 aliphatic heterocycles. The van der Waals surface area contributed by atoms with E-state index in [9.17, 15) is 4.39 Å². The van der Waals surface area contributed by atoms with Crippen LogP contribution in [0.2, 0.25) is 0 Å². The van der Waals surface area contributed by atoms with Gasteiger partial charge in [-0.15, -0.1) is 0 Å². The normalized spacial score (nSPS) is 12.7. The molecule has 0 radical (unpaired) electrons. The predicted octanol–water partition coefficient (Wildman–Crippen LogP) is 1.89. The van der Waals surface area contributed by atoms with Gasteiger partial charge in [-0.05, 0) is 24.6 Å². The molecule has 1 N–H and O–H groups in total. The second-order valence-corrected chi connectivity index (χ2v) is 2.57. The highest BCUT2D eigenvalue weighted by Gasteiger charge is 2.06. The molecular weight excluding hydrogens is 159 g/mol. The number of aliphatic hydroxyl groups excluding tert-OH is 1. The van der Waals surface area contributed by atoms with Crippen LogP contribution in [0.1, 0.15) is 18.6 Å². The third-order valence-electron chi connectivity index (χ3n) is 1.66. The minimum Gasteiger partial charge on any atom is -0.494 e. The van der Waals surface area contributed by atoms with Crippen molar-refractivity contribution in [1.29, 1.82) is 0 Å². The Morgan fingerprint density at radius 2 is 2.17 bits per heavy atom. The van der Waals surface area contributed by atoms with Crippen molar-refractivity contribution in [2.45, 2.75) is 13.0 Å². The van der Waals surface area contributed by atoms with Gasteiger partial charge in [0, 0.05) is 0 Å². The number of aliphatic hydroxyl groups is 1. The number of rotatable bonds is 2. The van der Waals surface area contributed by atoms with Gasteiger partial charge in [-0.25, -0.2) is 4.39 Å². The summed E-state index contributed by atoms with van der Waals surface area (Å²) in [6.07, 6.45) is -0.648. The molecular formula is C9H11FO2. The van der Waals surface area contributed by atoms with Gasteiger partial charge in [0.05, 0.1) is 13.2 Å². The Labute approximate surface area is 70.6 Å². The molecule has 0 bridgehead atoms. The van der Waals surface area contributed by atoms with Crippen LogP contribution >= 0.6 is 0 Å². The molecule has 66 valence electrons. The minimum atomic E-state index is -0.648. The van der Waals surface area contributed by atoms with Gasteiger partial charge in [-0.2, -0.15) is 0 Å². The molecule has 12 heavy (non-hydrogen) atoms. The molecule has 3 heteroatoms. The zero-order chi connectivity index (χ0) is 9.14. The lowest BCUT2D eigenvalue weighted by Gasteiger charge is -2.06. The van der Waals surface area contributed by atoms with Crippen LogP contribution in [0.5, 0.6) is 5.75 Å². The maximum absolute atomic E-state index is 13.0. The molecule has 0 fully saturated rings. The Morgan fingerprint density at radius 3 is 2.58 bits per heavy atom. The van der Waals surface area contributed by atoms with Crippen LogP contribution in [0.25, 0.3) is 0 Å². The number of hydrogen-bond donors (Lipinski definition) is 1. The van der Waals surface area contributed by atoms with E-state index in [1.54, 1.807) is 13.0 Å². The van der Waals surface area contributed by atoms with Gasteiger partial charge >= 0.3 is 0 Å². The lowest BCUT2D eigenvalue weighted by Crippen LogP contribution is -1.94. The first-order valence-electron chi connectivity index (χ1n) is 3.66. The molecule has 1 atom stereocenters. The number of ether oxygens (including phenoxy) is 1. The van der Waals surface area contributed by atoms with Crippen LogP contribution in [-0.2, 0) is 0 Å². The summed E-state index contributed by atoms with van der Waals surface area (Å²) in [4.78, 5) is 0. The molecule has 1 rings (SSSR count). The van der Waals surface area contributed by atoms with Crippen LogP contribution in [0.3, 0.4) is 0 Å². The largest absolute Gasteiger partial charge is 0.494 e. The average molecular weight is 170 g/mol. The second-order valence-electron chi connectivity index (χ2n) is 2.57. The molecule has 0 aromatic heterocycles. The predicted molar refractivity (Wildman–Crippen MR) is 43.6 cm³/mol.